The van der Waals surface area contributed by atoms with Crippen molar-refractivity contribution >= 4 is 48.6 Å². The molecular formula is C61H43NS. The predicted molar refractivity (Wildman–Crippen MR) is 269 cm³/mol. The fraction of sp³-hybridized carbons (Fsp3) is 0.0492. The van der Waals surface area contributed by atoms with Crippen molar-refractivity contribution in [2.24, 2.45) is 0 Å². The number of allylic oxidation sites excluding steroid dienone is 4. The van der Waals surface area contributed by atoms with Gasteiger partial charge < -0.3 is 4.90 Å². The summed E-state index contributed by atoms with van der Waals surface area (Å²) in [5.74, 6) is 0. The zero-order valence-corrected chi connectivity index (χ0v) is 35.6. The summed E-state index contributed by atoms with van der Waals surface area (Å²) < 4.78 is 2.57. The first-order chi connectivity index (χ1) is 31.3. The molecule has 298 valence electrons. The van der Waals surface area contributed by atoms with Crippen LogP contribution in [0.1, 0.15) is 29.5 Å². The molecule has 2 heteroatoms. The largest absolute Gasteiger partial charge is 0.308 e. The Kier molecular flexibility index (Phi) is 9.13. The molecule has 2 aliphatic rings. The van der Waals surface area contributed by atoms with E-state index in [1.54, 1.807) is 0 Å². The van der Waals surface area contributed by atoms with Crippen LogP contribution in [0.2, 0.25) is 0 Å². The lowest BCUT2D eigenvalue weighted by molar-refractivity contribution is 0.693. The normalized spacial score (nSPS) is 15.3. The molecule has 0 saturated heterocycles. The third-order valence-electron chi connectivity index (χ3n) is 13.3. The molecule has 0 N–H and O–H groups in total. The Hall–Kier alpha value is -7.52. The summed E-state index contributed by atoms with van der Waals surface area (Å²) in [5, 5.41) is 2.57. The van der Waals surface area contributed by atoms with Crippen LogP contribution in [0.3, 0.4) is 0 Å². The van der Waals surface area contributed by atoms with Crippen molar-refractivity contribution in [1.29, 1.82) is 0 Å². The van der Waals surface area contributed by atoms with Crippen molar-refractivity contribution < 1.29 is 0 Å². The molecule has 0 bridgehead atoms. The minimum atomic E-state index is -0.448. The molecule has 1 unspecified atom stereocenters. The van der Waals surface area contributed by atoms with Gasteiger partial charge in [-0.3, -0.25) is 0 Å². The van der Waals surface area contributed by atoms with Crippen LogP contribution in [0.4, 0.5) is 17.1 Å². The smallest absolute Gasteiger partial charge is 0.0677 e. The molecule has 1 aromatic heterocycles. The molecule has 10 aromatic rings. The van der Waals surface area contributed by atoms with Gasteiger partial charge in [-0.05, 0) is 98.8 Å². The van der Waals surface area contributed by atoms with Gasteiger partial charge >= 0.3 is 0 Å². The zero-order valence-electron chi connectivity index (χ0n) is 34.8. The number of hydrogen-bond donors (Lipinski definition) is 0. The van der Waals surface area contributed by atoms with Crippen molar-refractivity contribution in [2.75, 3.05) is 4.90 Å². The SMILES string of the molecule is C1=CCCC(C2(c3ccccc3)c3ccccc3-c3ccc(N(c4ccccc4-c4ccccc4-c4ccccc4-c4ccccc4)c4cccc5c4sc4ccccc45)cc32)=C1. The van der Waals surface area contributed by atoms with Gasteiger partial charge in [0, 0.05) is 26.7 Å². The molecule has 0 saturated carbocycles. The van der Waals surface area contributed by atoms with Gasteiger partial charge in [-0.2, -0.15) is 0 Å². The Morgan fingerprint density at radius 2 is 1.02 bits per heavy atom. The number of fused-ring (bicyclic) bond motifs is 6. The molecule has 12 rings (SSSR count). The third-order valence-corrected chi connectivity index (χ3v) is 14.5. The first-order valence-corrected chi connectivity index (χ1v) is 22.8. The van der Waals surface area contributed by atoms with E-state index in [0.717, 1.165) is 24.2 Å². The van der Waals surface area contributed by atoms with E-state index in [-0.39, 0.29) is 0 Å². The van der Waals surface area contributed by atoms with Crippen LogP contribution in [-0.4, -0.2) is 0 Å². The van der Waals surface area contributed by atoms with Crippen molar-refractivity contribution in [3.63, 3.8) is 0 Å². The first-order valence-electron chi connectivity index (χ1n) is 22.0. The second-order valence-electron chi connectivity index (χ2n) is 16.6. The minimum absolute atomic E-state index is 0.448. The Balaban J connectivity index is 1.14. The Bertz CT molecular complexity index is 3410. The van der Waals surface area contributed by atoms with Crippen LogP contribution in [0.15, 0.2) is 242 Å². The van der Waals surface area contributed by atoms with Crippen LogP contribution in [0, 0.1) is 0 Å². The molecule has 0 radical (unpaired) electrons. The summed E-state index contributed by atoms with van der Waals surface area (Å²) in [5.41, 5.74) is 18.2. The quantitative estimate of drug-likeness (QED) is 0.148. The summed E-state index contributed by atoms with van der Waals surface area (Å²) in [6.45, 7) is 0. The average Bonchev–Trinajstić information content (AvgIpc) is 3.89. The number of nitrogens with zero attached hydrogens (tertiary/aromatic N) is 1. The molecule has 0 amide bonds. The second kappa shape index (κ2) is 15.4. The van der Waals surface area contributed by atoms with Gasteiger partial charge in [0.1, 0.15) is 0 Å². The summed E-state index contributed by atoms with van der Waals surface area (Å²) >= 11 is 1.88. The molecule has 9 aromatic carbocycles. The van der Waals surface area contributed by atoms with Gasteiger partial charge in [0.2, 0.25) is 0 Å². The molecule has 1 atom stereocenters. The van der Waals surface area contributed by atoms with Crippen LogP contribution >= 0.6 is 11.3 Å². The van der Waals surface area contributed by atoms with E-state index in [1.807, 2.05) is 11.3 Å². The highest BCUT2D eigenvalue weighted by Gasteiger charge is 2.47. The molecule has 0 aliphatic heterocycles. The Morgan fingerprint density at radius 1 is 0.429 bits per heavy atom. The highest BCUT2D eigenvalue weighted by Crippen LogP contribution is 2.59. The zero-order chi connectivity index (χ0) is 41.7. The molecular weight excluding hydrogens is 779 g/mol. The van der Waals surface area contributed by atoms with E-state index in [9.17, 15) is 0 Å². The van der Waals surface area contributed by atoms with Gasteiger partial charge in [-0.15, -0.1) is 11.3 Å². The van der Waals surface area contributed by atoms with E-state index in [2.05, 4.69) is 242 Å². The minimum Gasteiger partial charge on any atom is -0.308 e. The van der Waals surface area contributed by atoms with E-state index >= 15 is 0 Å². The number of rotatable bonds is 8. The average molecular weight is 822 g/mol. The number of hydrogen-bond acceptors (Lipinski definition) is 2. The number of anilines is 3. The fourth-order valence-electron chi connectivity index (χ4n) is 10.6. The maximum atomic E-state index is 2.56. The monoisotopic (exact) mass is 821 g/mol. The van der Waals surface area contributed by atoms with Crippen molar-refractivity contribution in [3.8, 4) is 44.5 Å². The maximum absolute atomic E-state index is 2.56. The molecule has 0 fully saturated rings. The predicted octanol–water partition coefficient (Wildman–Crippen LogP) is 17.1. The summed E-state index contributed by atoms with van der Waals surface area (Å²) in [4.78, 5) is 2.56. The third kappa shape index (κ3) is 5.97. The van der Waals surface area contributed by atoms with Crippen LogP contribution < -0.4 is 4.90 Å². The van der Waals surface area contributed by atoms with Crippen LogP contribution in [0.25, 0.3) is 64.7 Å². The van der Waals surface area contributed by atoms with E-state index in [4.69, 9.17) is 0 Å². The number of thiophene rings is 1. The van der Waals surface area contributed by atoms with Crippen molar-refractivity contribution in [1.82, 2.24) is 0 Å². The molecule has 63 heavy (non-hydrogen) atoms. The molecule has 2 aliphatic carbocycles. The van der Waals surface area contributed by atoms with Crippen LogP contribution in [-0.2, 0) is 5.41 Å². The first kappa shape index (κ1) is 37.3. The second-order valence-corrected chi connectivity index (χ2v) is 17.7. The number of para-hydroxylation sites is 1. The summed E-state index contributed by atoms with van der Waals surface area (Å²) in [7, 11) is 0. The van der Waals surface area contributed by atoms with Gasteiger partial charge in [0.15, 0.2) is 0 Å². The van der Waals surface area contributed by atoms with Gasteiger partial charge in [0.05, 0.1) is 21.5 Å². The van der Waals surface area contributed by atoms with Gasteiger partial charge in [-0.1, -0.05) is 212 Å². The van der Waals surface area contributed by atoms with E-state index in [0.29, 0.717) is 0 Å². The topological polar surface area (TPSA) is 3.24 Å². The Labute approximate surface area is 373 Å². The maximum Gasteiger partial charge on any atom is 0.0677 e. The lowest BCUT2D eigenvalue weighted by Crippen LogP contribution is -2.30. The van der Waals surface area contributed by atoms with E-state index in [1.165, 1.54) is 92.6 Å². The van der Waals surface area contributed by atoms with Gasteiger partial charge in [0.25, 0.3) is 0 Å². The van der Waals surface area contributed by atoms with E-state index < -0.39 is 5.41 Å². The highest BCUT2D eigenvalue weighted by atomic mass is 32.1. The fourth-order valence-corrected chi connectivity index (χ4v) is 11.8. The lowest BCUT2D eigenvalue weighted by Gasteiger charge is -2.37. The molecule has 0 spiro atoms. The summed E-state index contributed by atoms with van der Waals surface area (Å²) in [6.07, 6.45) is 8.99. The van der Waals surface area contributed by atoms with Crippen molar-refractivity contribution in [3.05, 3.63) is 259 Å². The summed E-state index contributed by atoms with van der Waals surface area (Å²) in [6, 6.07) is 81.0. The highest BCUT2D eigenvalue weighted by molar-refractivity contribution is 7.26. The van der Waals surface area contributed by atoms with Crippen LogP contribution in [0.5, 0.6) is 0 Å². The lowest BCUT2D eigenvalue weighted by atomic mass is 9.65. The number of benzene rings is 9. The van der Waals surface area contributed by atoms with Crippen molar-refractivity contribution in [2.45, 2.75) is 18.3 Å². The Morgan fingerprint density at radius 3 is 1.79 bits per heavy atom. The molecule has 1 nitrogen and oxygen atoms in total. The standard InChI is InChI=1S/C61H43NS/c1-4-21-42(22-5-1)46-27-10-11-28-47(46)48-29-12-13-30-49(48)52-32-15-18-36-57(52)62(58-37-20-34-54-53-33-16-19-38-59(53)63-60(54)58)45-39-40-51-50-31-14-17-35-55(50)61(56(51)41-45,43-23-6-2-7-24-43)44-25-8-3-9-26-44/h1-8,10-25,27-41H,9,26H2. The van der Waals surface area contributed by atoms with Gasteiger partial charge in [-0.25, -0.2) is 0 Å². The molecule has 1 heterocycles.